The van der Waals surface area contributed by atoms with E-state index in [1.807, 2.05) is 32.0 Å². The van der Waals surface area contributed by atoms with E-state index in [9.17, 15) is 9.35 Å². The average Bonchev–Trinajstić information content (AvgIpc) is 2.69. The Morgan fingerprint density at radius 3 is 2.69 bits per heavy atom. The SMILES string of the molecule is CC(C)C1OC(=O)Nc2ccc(OCCCC[S+]([O-])c3ccc(Cl)c(Cl)c3)cc21. The summed E-state index contributed by atoms with van der Waals surface area (Å²) in [5.74, 6) is 1.41. The Hall–Kier alpha value is -1.60. The van der Waals surface area contributed by atoms with E-state index in [-0.39, 0.29) is 12.0 Å². The van der Waals surface area contributed by atoms with E-state index in [2.05, 4.69) is 5.32 Å². The predicted octanol–water partition coefficient (Wildman–Crippen LogP) is 6.22. The van der Waals surface area contributed by atoms with Crippen LogP contribution in [0.5, 0.6) is 5.75 Å². The van der Waals surface area contributed by atoms with E-state index in [0.29, 0.717) is 27.3 Å². The summed E-state index contributed by atoms with van der Waals surface area (Å²) in [6.45, 7) is 4.53. The van der Waals surface area contributed by atoms with Crippen LogP contribution in [0.4, 0.5) is 10.5 Å². The Morgan fingerprint density at radius 1 is 1.17 bits per heavy atom. The average molecular weight is 456 g/mol. The summed E-state index contributed by atoms with van der Waals surface area (Å²) < 4.78 is 23.6. The van der Waals surface area contributed by atoms with Crippen molar-refractivity contribution < 1.29 is 18.8 Å². The summed E-state index contributed by atoms with van der Waals surface area (Å²) in [4.78, 5) is 12.3. The van der Waals surface area contributed by atoms with Crippen molar-refractivity contribution in [3.05, 3.63) is 52.0 Å². The number of nitrogens with one attached hydrogen (secondary N) is 1. The van der Waals surface area contributed by atoms with Crippen LogP contribution in [0.1, 0.15) is 38.4 Å². The number of fused-ring (bicyclic) bond motifs is 1. The third-order valence-electron chi connectivity index (χ3n) is 4.55. The number of carbonyl (C=O) groups is 1. The largest absolute Gasteiger partial charge is 0.611 e. The maximum Gasteiger partial charge on any atom is 0.412 e. The quantitative estimate of drug-likeness (QED) is 0.378. The number of hydrogen-bond donors (Lipinski definition) is 1. The molecule has 0 aliphatic carbocycles. The molecular weight excluding hydrogens is 433 g/mol. The zero-order valence-electron chi connectivity index (χ0n) is 16.2. The van der Waals surface area contributed by atoms with Crippen molar-refractivity contribution in [1.82, 2.24) is 0 Å². The molecule has 1 aliphatic heterocycles. The molecular formula is C21H23Cl2NO4S. The van der Waals surface area contributed by atoms with E-state index in [1.54, 1.807) is 18.2 Å². The Kier molecular flexibility index (Phi) is 7.57. The van der Waals surface area contributed by atoms with E-state index < -0.39 is 17.3 Å². The molecule has 0 saturated heterocycles. The third kappa shape index (κ3) is 5.72. The molecule has 1 N–H and O–H groups in total. The molecule has 2 aromatic carbocycles. The molecule has 2 unspecified atom stereocenters. The monoisotopic (exact) mass is 455 g/mol. The molecule has 1 amide bonds. The molecule has 1 heterocycles. The Morgan fingerprint density at radius 2 is 1.97 bits per heavy atom. The van der Waals surface area contributed by atoms with Gasteiger partial charge in [-0.15, -0.1) is 0 Å². The van der Waals surface area contributed by atoms with Crippen LogP contribution in [0, 0.1) is 5.92 Å². The molecule has 1 aliphatic rings. The zero-order chi connectivity index (χ0) is 21.0. The minimum Gasteiger partial charge on any atom is -0.611 e. The van der Waals surface area contributed by atoms with Gasteiger partial charge in [0.2, 0.25) is 0 Å². The molecule has 156 valence electrons. The van der Waals surface area contributed by atoms with Gasteiger partial charge in [-0.25, -0.2) is 4.79 Å². The van der Waals surface area contributed by atoms with Crippen LogP contribution in [0.25, 0.3) is 0 Å². The van der Waals surface area contributed by atoms with Crippen molar-refractivity contribution in [3.63, 3.8) is 0 Å². The van der Waals surface area contributed by atoms with Crippen LogP contribution in [-0.4, -0.2) is 23.0 Å². The fourth-order valence-corrected chi connectivity index (χ4v) is 4.59. The maximum atomic E-state index is 12.3. The van der Waals surface area contributed by atoms with Gasteiger partial charge in [-0.2, -0.15) is 0 Å². The van der Waals surface area contributed by atoms with Gasteiger partial charge in [0, 0.05) is 11.6 Å². The number of anilines is 1. The van der Waals surface area contributed by atoms with Crippen molar-refractivity contribution >= 4 is 46.2 Å². The van der Waals surface area contributed by atoms with E-state index in [1.165, 1.54) is 0 Å². The van der Waals surface area contributed by atoms with Gasteiger partial charge in [0.05, 0.1) is 22.3 Å². The molecule has 2 aromatic rings. The molecule has 8 heteroatoms. The number of halogens is 2. The highest BCUT2D eigenvalue weighted by Crippen LogP contribution is 2.37. The summed E-state index contributed by atoms with van der Waals surface area (Å²) in [5, 5.41) is 3.58. The number of amides is 1. The summed E-state index contributed by atoms with van der Waals surface area (Å²) >= 11 is 10.7. The number of cyclic esters (lactones) is 1. The molecule has 0 fully saturated rings. The second-order valence-corrected chi connectivity index (χ2v) is 9.51. The van der Waals surface area contributed by atoms with Gasteiger partial charge < -0.3 is 14.0 Å². The van der Waals surface area contributed by atoms with Crippen molar-refractivity contribution in [3.8, 4) is 5.75 Å². The first-order valence-corrected chi connectivity index (χ1v) is 11.5. The second kappa shape index (κ2) is 9.94. The number of hydrogen-bond acceptors (Lipinski definition) is 4. The predicted molar refractivity (Wildman–Crippen MR) is 117 cm³/mol. The van der Waals surface area contributed by atoms with Gasteiger partial charge in [-0.1, -0.05) is 37.0 Å². The minimum absolute atomic E-state index is 0.159. The standard InChI is InChI=1S/C21H23Cl2NO4S/c1-13(2)20-16-11-14(5-8-19(16)24-21(25)28-20)27-9-3-4-10-29(26)15-6-7-17(22)18(23)12-15/h5-8,11-13,20H,3-4,9-10H2,1-2H3,(H,24,25). The zero-order valence-corrected chi connectivity index (χ0v) is 18.6. The molecule has 2 atom stereocenters. The highest BCUT2D eigenvalue weighted by molar-refractivity contribution is 7.91. The first-order chi connectivity index (χ1) is 13.8. The molecule has 0 spiro atoms. The van der Waals surface area contributed by atoms with Crippen molar-refractivity contribution in [1.29, 1.82) is 0 Å². The number of benzene rings is 2. The van der Waals surface area contributed by atoms with E-state index in [4.69, 9.17) is 32.7 Å². The van der Waals surface area contributed by atoms with Crippen molar-refractivity contribution in [2.75, 3.05) is 17.7 Å². The smallest absolute Gasteiger partial charge is 0.412 e. The third-order valence-corrected chi connectivity index (χ3v) is 6.73. The van der Waals surface area contributed by atoms with Crippen LogP contribution in [0.15, 0.2) is 41.3 Å². The van der Waals surface area contributed by atoms with Crippen molar-refractivity contribution in [2.45, 2.75) is 37.7 Å². The molecule has 0 bridgehead atoms. The van der Waals surface area contributed by atoms with Gasteiger partial charge in [0.25, 0.3) is 0 Å². The second-order valence-electron chi connectivity index (χ2n) is 7.13. The van der Waals surface area contributed by atoms with Gasteiger partial charge in [-0.3, -0.25) is 5.32 Å². The molecule has 3 rings (SSSR count). The molecule has 5 nitrogen and oxygen atoms in total. The normalized spacial score (nSPS) is 16.8. The van der Waals surface area contributed by atoms with Gasteiger partial charge in [0.15, 0.2) is 4.90 Å². The molecule has 0 aromatic heterocycles. The summed E-state index contributed by atoms with van der Waals surface area (Å²) in [5.41, 5.74) is 1.67. The number of unbranched alkanes of at least 4 members (excludes halogenated alkanes) is 1. The van der Waals surface area contributed by atoms with Crippen LogP contribution >= 0.6 is 23.2 Å². The van der Waals surface area contributed by atoms with Crippen LogP contribution < -0.4 is 10.1 Å². The van der Waals surface area contributed by atoms with Crippen molar-refractivity contribution in [2.24, 2.45) is 5.92 Å². The number of ether oxygens (including phenoxy) is 2. The molecule has 29 heavy (non-hydrogen) atoms. The highest BCUT2D eigenvalue weighted by atomic mass is 35.5. The lowest BCUT2D eigenvalue weighted by Gasteiger charge is -2.29. The van der Waals surface area contributed by atoms with Crippen LogP contribution in [-0.2, 0) is 15.9 Å². The first-order valence-electron chi connectivity index (χ1n) is 9.43. The highest BCUT2D eigenvalue weighted by Gasteiger charge is 2.29. The summed E-state index contributed by atoms with van der Waals surface area (Å²) in [7, 11) is 0. The first kappa shape index (κ1) is 22.1. The fourth-order valence-electron chi connectivity index (χ4n) is 3.05. The summed E-state index contributed by atoms with van der Waals surface area (Å²) in [6.07, 6.45) is 0.798. The topological polar surface area (TPSA) is 70.6 Å². The Labute approximate surface area is 183 Å². The lowest BCUT2D eigenvalue weighted by atomic mass is 9.96. The number of carbonyl (C=O) groups excluding carboxylic acids is 1. The lowest BCUT2D eigenvalue weighted by molar-refractivity contribution is 0.0774. The summed E-state index contributed by atoms with van der Waals surface area (Å²) in [6, 6.07) is 10.6. The van der Waals surface area contributed by atoms with Crippen LogP contribution in [0.2, 0.25) is 10.0 Å². The van der Waals surface area contributed by atoms with Crippen LogP contribution in [0.3, 0.4) is 0 Å². The fraction of sp³-hybridized carbons (Fsp3) is 0.381. The van der Waals surface area contributed by atoms with E-state index >= 15 is 0 Å². The molecule has 0 radical (unpaired) electrons. The van der Waals surface area contributed by atoms with Gasteiger partial charge >= 0.3 is 6.09 Å². The molecule has 0 saturated carbocycles. The Balaban J connectivity index is 1.49. The van der Waals surface area contributed by atoms with Gasteiger partial charge in [0.1, 0.15) is 17.6 Å². The maximum absolute atomic E-state index is 12.3. The Bertz CT molecular complexity index is 878. The minimum atomic E-state index is -1.12. The number of rotatable bonds is 8. The van der Waals surface area contributed by atoms with E-state index in [0.717, 1.165) is 29.8 Å². The van der Waals surface area contributed by atoms with Gasteiger partial charge in [-0.05, 0) is 60.3 Å². The lowest BCUT2D eigenvalue weighted by Crippen LogP contribution is -2.27.